The third kappa shape index (κ3) is 3.89. The maximum Gasteiger partial charge on any atom is 0.264 e. The van der Waals surface area contributed by atoms with Gasteiger partial charge in [0.1, 0.15) is 5.56 Å². The number of pyridine rings is 2. The number of nitrogens with one attached hydrogen (secondary N) is 1. The number of aromatic nitrogens is 2. The minimum atomic E-state index is -3.18. The Hall–Kier alpha value is -3.71. The lowest BCUT2D eigenvalue weighted by molar-refractivity contribution is 0.0949. The van der Waals surface area contributed by atoms with Crippen molar-refractivity contribution in [1.82, 2.24) is 14.9 Å². The Bertz CT molecular complexity index is 1630. The number of amides is 1. The van der Waals surface area contributed by atoms with Crippen molar-refractivity contribution >= 4 is 32.5 Å². The van der Waals surface area contributed by atoms with E-state index in [0.717, 1.165) is 18.4 Å². The van der Waals surface area contributed by atoms with E-state index < -0.39 is 26.1 Å². The van der Waals surface area contributed by atoms with Gasteiger partial charge in [0.05, 0.1) is 33.2 Å². The predicted molar refractivity (Wildman–Crippen MR) is 139 cm³/mol. The Balaban J connectivity index is 1.32. The van der Waals surface area contributed by atoms with Gasteiger partial charge in [0, 0.05) is 31.2 Å². The fourth-order valence-corrected chi connectivity index (χ4v) is 7.91. The first-order valence-electron chi connectivity index (χ1n) is 12.5. The van der Waals surface area contributed by atoms with E-state index in [4.69, 9.17) is 5.26 Å². The summed E-state index contributed by atoms with van der Waals surface area (Å²) >= 11 is 0. The molecule has 1 atom stereocenters. The van der Waals surface area contributed by atoms with E-state index in [-0.39, 0.29) is 23.4 Å². The van der Waals surface area contributed by atoms with Gasteiger partial charge in [-0.1, -0.05) is 12.1 Å². The highest BCUT2D eigenvalue weighted by Crippen LogP contribution is 2.51. The molecule has 2 aliphatic carbocycles. The Morgan fingerprint density at radius 2 is 1.95 bits per heavy atom. The van der Waals surface area contributed by atoms with Crippen molar-refractivity contribution < 1.29 is 13.2 Å². The van der Waals surface area contributed by atoms with Gasteiger partial charge in [-0.05, 0) is 62.4 Å². The van der Waals surface area contributed by atoms with Gasteiger partial charge >= 0.3 is 0 Å². The van der Waals surface area contributed by atoms with Gasteiger partial charge in [-0.25, -0.2) is 13.4 Å². The molecule has 1 aromatic carbocycles. The Morgan fingerprint density at radius 3 is 2.59 bits per heavy atom. The lowest BCUT2D eigenvalue weighted by Gasteiger charge is -2.37. The van der Waals surface area contributed by atoms with E-state index in [1.807, 2.05) is 11.8 Å². The van der Waals surface area contributed by atoms with E-state index in [2.05, 4.69) is 16.4 Å². The van der Waals surface area contributed by atoms with E-state index in [0.29, 0.717) is 48.2 Å². The standard InChI is InChI=1S/C27H27N5O4S/c1-17-15-31(16-27(9-10-27)37(35,36)21-6-7-21)24-23-20(8-11-29-24)12-22(26(34)32(17)23)25(33)30-14-19-4-2-18(13-28)3-5-19/h2-5,8,11-12,17,21H,6-7,9-10,14-16H2,1H3,(H,30,33). The molecule has 0 saturated heterocycles. The quantitative estimate of drug-likeness (QED) is 0.511. The van der Waals surface area contributed by atoms with Gasteiger partial charge in [0.2, 0.25) is 0 Å². The largest absolute Gasteiger partial charge is 0.351 e. The number of carbonyl (C=O) groups excluding carboxylic acids is 1. The molecule has 0 spiro atoms. The van der Waals surface area contributed by atoms with Crippen LogP contribution in [0.2, 0.25) is 0 Å². The minimum absolute atomic E-state index is 0.0496. The average Bonchev–Trinajstić information content (AvgIpc) is 3.81. The molecule has 6 rings (SSSR count). The number of nitrogens with zero attached hydrogens (tertiary/aromatic N) is 4. The number of rotatable bonds is 7. The summed E-state index contributed by atoms with van der Waals surface area (Å²) in [5, 5.41) is 12.3. The molecule has 1 unspecified atom stereocenters. The summed E-state index contributed by atoms with van der Waals surface area (Å²) < 4.78 is 27.2. The summed E-state index contributed by atoms with van der Waals surface area (Å²) in [5.74, 6) is 0.120. The van der Waals surface area contributed by atoms with Crippen LogP contribution in [-0.4, -0.2) is 47.0 Å². The highest BCUT2D eigenvalue weighted by atomic mass is 32.2. The molecule has 1 N–H and O–H groups in total. The monoisotopic (exact) mass is 517 g/mol. The maximum absolute atomic E-state index is 13.5. The molecule has 2 fully saturated rings. The number of anilines is 1. The SMILES string of the molecule is CC1CN(CC2(S(=O)(=O)C3CC3)CC2)c2nccc3cc(C(=O)NCc4ccc(C#N)cc4)c(=O)n1c23. The van der Waals surface area contributed by atoms with Crippen LogP contribution in [0, 0.1) is 11.3 Å². The average molecular weight is 518 g/mol. The molecule has 0 bridgehead atoms. The summed E-state index contributed by atoms with van der Waals surface area (Å²) in [7, 11) is -3.18. The lowest BCUT2D eigenvalue weighted by atomic mass is 10.1. The Kier molecular flexibility index (Phi) is 5.38. The zero-order valence-electron chi connectivity index (χ0n) is 20.5. The van der Waals surface area contributed by atoms with Crippen molar-refractivity contribution in [3.05, 3.63) is 69.6 Å². The lowest BCUT2D eigenvalue weighted by Crippen LogP contribution is -2.47. The summed E-state index contributed by atoms with van der Waals surface area (Å²) in [5.41, 5.74) is 1.65. The topological polar surface area (TPSA) is 125 Å². The van der Waals surface area contributed by atoms with Crippen molar-refractivity contribution in [1.29, 1.82) is 5.26 Å². The Labute approximate surface area is 214 Å². The molecular formula is C27H27N5O4S. The van der Waals surface area contributed by atoms with Crippen molar-refractivity contribution in [2.45, 2.75) is 55.2 Å². The molecule has 2 aromatic heterocycles. The summed E-state index contributed by atoms with van der Waals surface area (Å²) in [6.07, 6.45) is 4.48. The van der Waals surface area contributed by atoms with Crippen molar-refractivity contribution in [3.8, 4) is 6.07 Å². The molecule has 2 saturated carbocycles. The van der Waals surface area contributed by atoms with Gasteiger partial charge < -0.3 is 10.2 Å². The normalized spacial score (nSPS) is 19.9. The van der Waals surface area contributed by atoms with Crippen LogP contribution in [0.5, 0.6) is 0 Å². The molecule has 3 aromatic rings. The number of nitriles is 1. The van der Waals surface area contributed by atoms with Crippen molar-refractivity contribution in [2.75, 3.05) is 18.0 Å². The molecule has 3 heterocycles. The number of carbonyl (C=O) groups is 1. The van der Waals surface area contributed by atoms with Gasteiger partial charge in [0.15, 0.2) is 15.7 Å². The van der Waals surface area contributed by atoms with Gasteiger partial charge in [0.25, 0.3) is 11.5 Å². The molecular weight excluding hydrogens is 490 g/mol. The van der Waals surface area contributed by atoms with E-state index in [9.17, 15) is 18.0 Å². The molecule has 9 nitrogen and oxygen atoms in total. The molecule has 1 aliphatic heterocycles. The second kappa shape index (κ2) is 8.42. The molecule has 0 radical (unpaired) electrons. The van der Waals surface area contributed by atoms with E-state index in [1.165, 1.54) is 0 Å². The van der Waals surface area contributed by atoms with Crippen LogP contribution in [0.25, 0.3) is 10.9 Å². The van der Waals surface area contributed by atoms with Gasteiger partial charge in [-0.2, -0.15) is 5.26 Å². The fourth-order valence-electron chi connectivity index (χ4n) is 5.44. The zero-order chi connectivity index (χ0) is 25.9. The van der Waals surface area contributed by atoms with E-state index in [1.54, 1.807) is 47.2 Å². The zero-order valence-corrected chi connectivity index (χ0v) is 21.3. The highest BCUT2D eigenvalue weighted by molar-refractivity contribution is 7.94. The van der Waals surface area contributed by atoms with Crippen LogP contribution in [0.4, 0.5) is 5.82 Å². The van der Waals surface area contributed by atoms with Gasteiger partial charge in [-0.3, -0.25) is 14.2 Å². The van der Waals surface area contributed by atoms with Crippen LogP contribution in [0.15, 0.2) is 47.4 Å². The van der Waals surface area contributed by atoms with Crippen LogP contribution in [-0.2, 0) is 16.4 Å². The third-order valence-corrected chi connectivity index (χ3v) is 10.9. The summed E-state index contributed by atoms with van der Waals surface area (Å²) in [4.78, 5) is 33.2. The van der Waals surface area contributed by atoms with Gasteiger partial charge in [-0.15, -0.1) is 0 Å². The first kappa shape index (κ1) is 23.7. The Morgan fingerprint density at radius 1 is 1.22 bits per heavy atom. The number of sulfone groups is 1. The van der Waals surface area contributed by atoms with Crippen LogP contribution in [0.3, 0.4) is 0 Å². The van der Waals surface area contributed by atoms with Crippen molar-refractivity contribution in [3.63, 3.8) is 0 Å². The molecule has 10 heteroatoms. The second-order valence-electron chi connectivity index (χ2n) is 10.5. The highest BCUT2D eigenvalue weighted by Gasteiger charge is 2.60. The number of hydrogen-bond donors (Lipinski definition) is 1. The molecule has 190 valence electrons. The smallest absolute Gasteiger partial charge is 0.264 e. The first-order valence-corrected chi connectivity index (χ1v) is 14.1. The van der Waals surface area contributed by atoms with Crippen LogP contribution < -0.4 is 15.8 Å². The molecule has 3 aliphatic rings. The van der Waals surface area contributed by atoms with Crippen LogP contribution >= 0.6 is 0 Å². The minimum Gasteiger partial charge on any atom is -0.351 e. The molecule has 1 amide bonds. The van der Waals surface area contributed by atoms with Crippen molar-refractivity contribution in [2.24, 2.45) is 0 Å². The molecule has 37 heavy (non-hydrogen) atoms. The van der Waals surface area contributed by atoms with E-state index >= 15 is 0 Å². The van der Waals surface area contributed by atoms with Crippen LogP contribution in [0.1, 0.15) is 60.1 Å². The maximum atomic E-state index is 13.5. The second-order valence-corrected chi connectivity index (χ2v) is 13.1. The first-order chi connectivity index (χ1) is 17.7. The summed E-state index contributed by atoms with van der Waals surface area (Å²) in [6, 6.07) is 12.1. The summed E-state index contributed by atoms with van der Waals surface area (Å²) in [6.45, 7) is 2.96. The third-order valence-electron chi connectivity index (χ3n) is 7.79. The predicted octanol–water partition coefficient (Wildman–Crippen LogP) is 2.69. The number of hydrogen-bond acceptors (Lipinski definition) is 7. The fraction of sp³-hybridized carbons (Fsp3) is 0.407. The number of benzene rings is 1.